The van der Waals surface area contributed by atoms with E-state index in [-0.39, 0.29) is 10.3 Å². The van der Waals surface area contributed by atoms with Gasteiger partial charge in [-0.3, -0.25) is 0 Å². The van der Waals surface area contributed by atoms with Crippen molar-refractivity contribution < 1.29 is 9.90 Å². The van der Waals surface area contributed by atoms with E-state index in [2.05, 4.69) is 32.9 Å². The van der Waals surface area contributed by atoms with Crippen LogP contribution in [0.15, 0.2) is 30.3 Å². The number of thiophene rings is 1. The molecule has 0 amide bonds. The van der Waals surface area contributed by atoms with Crippen LogP contribution in [0.1, 0.15) is 36.0 Å². The number of nitrogens with two attached hydrogens (primary N) is 1. The molecule has 0 bridgehead atoms. The lowest BCUT2D eigenvalue weighted by molar-refractivity contribution is 0.0703. The lowest BCUT2D eigenvalue weighted by Crippen LogP contribution is -2.10. The van der Waals surface area contributed by atoms with Gasteiger partial charge in [-0.2, -0.15) is 0 Å². The molecule has 0 fully saturated rings. The van der Waals surface area contributed by atoms with Crippen molar-refractivity contribution in [2.75, 3.05) is 5.73 Å². The number of anilines is 1. The van der Waals surface area contributed by atoms with Crippen LogP contribution in [-0.4, -0.2) is 11.1 Å². The number of carbonyl (C=O) groups is 1. The molecule has 100 valence electrons. The molecule has 0 unspecified atom stereocenters. The molecule has 3 nitrogen and oxygen atoms in total. The van der Waals surface area contributed by atoms with Crippen molar-refractivity contribution in [3.8, 4) is 10.4 Å². The molecule has 0 aliphatic heterocycles. The lowest BCUT2D eigenvalue weighted by atomic mass is 9.86. The Kier molecular flexibility index (Phi) is 3.37. The number of nitrogen functional groups attached to an aromatic ring is 1. The predicted octanol–water partition coefficient (Wildman–Crippen LogP) is 3.99. The molecule has 0 radical (unpaired) electrons. The molecule has 2 aromatic rings. The van der Waals surface area contributed by atoms with E-state index in [1.165, 1.54) is 16.9 Å². The summed E-state index contributed by atoms with van der Waals surface area (Å²) in [7, 11) is 0. The highest BCUT2D eigenvalue weighted by Gasteiger charge is 2.16. The number of carboxylic acid groups (broad SMARTS) is 1. The van der Waals surface area contributed by atoms with Gasteiger partial charge >= 0.3 is 5.97 Å². The second-order valence-electron chi connectivity index (χ2n) is 5.53. The molecular formula is C15H17NO2S. The monoisotopic (exact) mass is 275 g/mol. The molecule has 0 saturated heterocycles. The Morgan fingerprint density at radius 1 is 1.21 bits per heavy atom. The number of hydrogen-bond donors (Lipinski definition) is 2. The minimum Gasteiger partial charge on any atom is -0.477 e. The van der Waals surface area contributed by atoms with Gasteiger partial charge in [0.2, 0.25) is 0 Å². The van der Waals surface area contributed by atoms with Gasteiger partial charge in [-0.1, -0.05) is 45.0 Å². The van der Waals surface area contributed by atoms with Crippen LogP contribution in [0.4, 0.5) is 5.69 Å². The van der Waals surface area contributed by atoms with Gasteiger partial charge in [-0.25, -0.2) is 4.79 Å². The fourth-order valence-corrected chi connectivity index (χ4v) is 2.77. The van der Waals surface area contributed by atoms with Gasteiger partial charge in [0.15, 0.2) is 0 Å². The second kappa shape index (κ2) is 4.70. The number of carboxylic acids is 1. The molecule has 2 rings (SSSR count). The average molecular weight is 275 g/mol. The molecule has 3 N–H and O–H groups in total. The topological polar surface area (TPSA) is 63.3 Å². The Hall–Kier alpha value is -1.81. The Morgan fingerprint density at radius 2 is 1.79 bits per heavy atom. The summed E-state index contributed by atoms with van der Waals surface area (Å²) >= 11 is 1.21. The fraction of sp³-hybridized carbons (Fsp3) is 0.267. The number of benzene rings is 1. The molecule has 0 saturated carbocycles. The van der Waals surface area contributed by atoms with E-state index in [0.717, 1.165) is 10.4 Å². The molecule has 1 aromatic heterocycles. The third-order valence-electron chi connectivity index (χ3n) is 2.99. The van der Waals surface area contributed by atoms with Crippen molar-refractivity contribution in [2.45, 2.75) is 26.2 Å². The first kappa shape index (κ1) is 13.6. The van der Waals surface area contributed by atoms with Crippen molar-refractivity contribution in [3.63, 3.8) is 0 Å². The van der Waals surface area contributed by atoms with E-state index in [9.17, 15) is 4.79 Å². The van der Waals surface area contributed by atoms with Crippen LogP contribution in [-0.2, 0) is 5.41 Å². The van der Waals surface area contributed by atoms with Crippen molar-refractivity contribution in [1.29, 1.82) is 0 Å². The normalized spacial score (nSPS) is 11.5. The number of rotatable bonds is 2. The van der Waals surface area contributed by atoms with Crippen molar-refractivity contribution in [2.24, 2.45) is 0 Å². The first-order valence-corrected chi connectivity index (χ1v) is 6.84. The average Bonchev–Trinajstić information content (AvgIpc) is 2.70. The van der Waals surface area contributed by atoms with Gasteiger partial charge in [-0.15, -0.1) is 11.3 Å². The second-order valence-corrected chi connectivity index (χ2v) is 6.58. The zero-order valence-electron chi connectivity index (χ0n) is 11.2. The number of aromatic carboxylic acids is 1. The van der Waals surface area contributed by atoms with E-state index in [1.54, 1.807) is 6.07 Å². The molecule has 4 heteroatoms. The molecule has 0 spiro atoms. The van der Waals surface area contributed by atoms with Crippen LogP contribution >= 0.6 is 11.3 Å². The van der Waals surface area contributed by atoms with Crippen LogP contribution in [0.5, 0.6) is 0 Å². The highest BCUT2D eigenvalue weighted by Crippen LogP contribution is 2.34. The summed E-state index contributed by atoms with van der Waals surface area (Å²) in [5.74, 6) is -0.972. The number of hydrogen-bond acceptors (Lipinski definition) is 3. The van der Waals surface area contributed by atoms with Gasteiger partial charge in [0.1, 0.15) is 4.88 Å². The first-order valence-electron chi connectivity index (χ1n) is 6.02. The standard InChI is InChI=1S/C15H17NO2S/c1-15(2,3)10-6-4-9(5-7-10)12-8-11(16)13(19-12)14(17)18/h4-8H,16H2,1-3H3,(H,17,18). The minimum absolute atomic E-state index is 0.110. The lowest BCUT2D eigenvalue weighted by Gasteiger charge is -2.18. The Bertz CT molecular complexity index is 606. The molecule has 0 aliphatic rings. The van der Waals surface area contributed by atoms with Gasteiger partial charge in [0.05, 0.1) is 5.69 Å². The summed E-state index contributed by atoms with van der Waals surface area (Å²) in [6.45, 7) is 6.48. The zero-order valence-corrected chi connectivity index (χ0v) is 12.0. The van der Waals surface area contributed by atoms with Gasteiger partial charge in [0.25, 0.3) is 0 Å². The molecule has 0 atom stereocenters. The summed E-state index contributed by atoms with van der Waals surface area (Å²) in [6, 6.07) is 9.90. The predicted molar refractivity (Wildman–Crippen MR) is 79.8 cm³/mol. The Morgan fingerprint density at radius 3 is 2.21 bits per heavy atom. The van der Waals surface area contributed by atoms with E-state index in [4.69, 9.17) is 10.8 Å². The van der Waals surface area contributed by atoms with E-state index in [0.29, 0.717) is 5.69 Å². The van der Waals surface area contributed by atoms with E-state index >= 15 is 0 Å². The molecule has 0 aliphatic carbocycles. The van der Waals surface area contributed by atoms with Crippen LogP contribution in [0.2, 0.25) is 0 Å². The summed E-state index contributed by atoms with van der Waals surface area (Å²) < 4.78 is 0. The van der Waals surface area contributed by atoms with E-state index < -0.39 is 5.97 Å². The van der Waals surface area contributed by atoms with Crippen LogP contribution < -0.4 is 5.73 Å². The smallest absolute Gasteiger partial charge is 0.348 e. The first-order chi connectivity index (χ1) is 8.79. The molecular weight excluding hydrogens is 258 g/mol. The van der Waals surface area contributed by atoms with Gasteiger partial charge in [0, 0.05) is 4.88 Å². The fourth-order valence-electron chi connectivity index (χ4n) is 1.85. The molecule has 19 heavy (non-hydrogen) atoms. The van der Waals surface area contributed by atoms with Crippen LogP contribution in [0, 0.1) is 0 Å². The summed E-state index contributed by atoms with van der Waals surface area (Å²) in [5.41, 5.74) is 8.39. The maximum Gasteiger partial charge on any atom is 0.348 e. The van der Waals surface area contributed by atoms with Crippen LogP contribution in [0.3, 0.4) is 0 Å². The highest BCUT2D eigenvalue weighted by atomic mass is 32.1. The maximum absolute atomic E-state index is 11.0. The maximum atomic E-state index is 11.0. The summed E-state index contributed by atoms with van der Waals surface area (Å²) in [6.07, 6.45) is 0. The summed E-state index contributed by atoms with van der Waals surface area (Å²) in [4.78, 5) is 12.1. The Balaban J connectivity index is 2.38. The van der Waals surface area contributed by atoms with E-state index in [1.807, 2.05) is 12.1 Å². The van der Waals surface area contributed by atoms with Crippen molar-refractivity contribution in [3.05, 3.63) is 40.8 Å². The van der Waals surface area contributed by atoms with Gasteiger partial charge < -0.3 is 10.8 Å². The SMILES string of the molecule is CC(C)(C)c1ccc(-c2cc(N)c(C(=O)O)s2)cc1. The molecule has 1 aromatic carbocycles. The largest absolute Gasteiger partial charge is 0.477 e. The molecule has 1 heterocycles. The highest BCUT2D eigenvalue weighted by molar-refractivity contribution is 7.17. The van der Waals surface area contributed by atoms with Crippen LogP contribution in [0.25, 0.3) is 10.4 Å². The Labute approximate surface area is 116 Å². The zero-order chi connectivity index (χ0) is 14.2. The van der Waals surface area contributed by atoms with Gasteiger partial charge in [-0.05, 0) is 22.6 Å². The summed E-state index contributed by atoms with van der Waals surface area (Å²) in [5, 5.41) is 9.01. The minimum atomic E-state index is -0.972. The third kappa shape index (κ3) is 2.79. The third-order valence-corrected chi connectivity index (χ3v) is 4.18. The van der Waals surface area contributed by atoms with Crippen molar-refractivity contribution >= 4 is 23.0 Å². The van der Waals surface area contributed by atoms with Crippen molar-refractivity contribution in [1.82, 2.24) is 0 Å². The quantitative estimate of drug-likeness (QED) is 0.871.